The third-order valence-corrected chi connectivity index (χ3v) is 13.4. The van der Waals surface area contributed by atoms with E-state index >= 15 is 0 Å². The lowest BCUT2D eigenvalue weighted by Gasteiger charge is -2.36. The highest BCUT2D eigenvalue weighted by molar-refractivity contribution is 7.99. The summed E-state index contributed by atoms with van der Waals surface area (Å²) in [6.45, 7) is 8.33. The van der Waals surface area contributed by atoms with Gasteiger partial charge in [-0.3, -0.25) is 24.8 Å². The summed E-state index contributed by atoms with van der Waals surface area (Å²) in [5.41, 5.74) is 4.43. The Morgan fingerprint density at radius 1 is 0.898 bits per heavy atom. The quantitative estimate of drug-likeness (QED) is 0.0570. The number of halogens is 1. The molecule has 1 fully saturated rings. The van der Waals surface area contributed by atoms with E-state index in [1.165, 1.54) is 23.3 Å². The second kappa shape index (κ2) is 19.1. The monoisotopic (exact) mass is 851 g/mol. The number of hydrogen-bond donors (Lipinski definition) is 2. The number of nitrogens with zero attached hydrogens (tertiary/aromatic N) is 5. The van der Waals surface area contributed by atoms with E-state index in [0.29, 0.717) is 23.7 Å². The van der Waals surface area contributed by atoms with Gasteiger partial charge in [0.05, 0.1) is 22.2 Å². The van der Waals surface area contributed by atoms with Crippen molar-refractivity contribution >= 4 is 62.2 Å². The summed E-state index contributed by atoms with van der Waals surface area (Å²) in [5.74, 6) is 0.762. The predicted molar refractivity (Wildman–Crippen MR) is 237 cm³/mol. The van der Waals surface area contributed by atoms with Crippen molar-refractivity contribution in [3.8, 4) is 11.1 Å². The molecule has 5 aromatic carbocycles. The van der Waals surface area contributed by atoms with Crippen LogP contribution in [0, 0.1) is 10.1 Å². The number of benzene rings is 5. The second-order valence-electron chi connectivity index (χ2n) is 14.5. The highest BCUT2D eigenvalue weighted by atomic mass is 35.5. The Morgan fingerprint density at radius 2 is 1.61 bits per heavy atom. The smallest absolute Gasteiger partial charge is 0.293 e. The van der Waals surface area contributed by atoms with E-state index in [9.17, 15) is 23.3 Å². The molecule has 0 radical (unpaired) electrons. The fourth-order valence-electron chi connectivity index (χ4n) is 7.30. The molecule has 2 N–H and O–H groups in total. The van der Waals surface area contributed by atoms with E-state index < -0.39 is 26.5 Å². The van der Waals surface area contributed by atoms with Crippen LogP contribution in [0.3, 0.4) is 0 Å². The lowest BCUT2D eigenvalue weighted by molar-refractivity contribution is -0.384. The Balaban J connectivity index is 0.962. The van der Waals surface area contributed by atoms with Crippen molar-refractivity contribution in [2.45, 2.75) is 35.7 Å². The predicted octanol–water partition coefficient (Wildman–Crippen LogP) is 8.05. The number of piperazine rings is 1. The van der Waals surface area contributed by atoms with Gasteiger partial charge in [-0.05, 0) is 90.7 Å². The number of aliphatic imine (C=N–C) groups is 1. The van der Waals surface area contributed by atoms with Gasteiger partial charge in [-0.2, -0.15) is 0 Å². The molecule has 59 heavy (non-hydrogen) atoms. The SMILES string of the molecule is CC1=NCCN1CC[C@H](CSc1ccccc1)Nc1ccc(S(=O)(=O)NC(=O)c2ccc(N3CCN(Cc4ccccc4-c4ccc(Cl)cc4)CC3)cc2)cc1[N+](=O)[O-]. The summed E-state index contributed by atoms with van der Waals surface area (Å²) in [6.07, 6.45) is 0.676. The van der Waals surface area contributed by atoms with Crippen LogP contribution in [0.1, 0.15) is 29.3 Å². The van der Waals surface area contributed by atoms with Gasteiger partial charge in [0.25, 0.3) is 21.6 Å². The molecule has 12 nitrogen and oxygen atoms in total. The van der Waals surface area contributed by atoms with Crippen molar-refractivity contribution < 1.29 is 18.1 Å². The lowest BCUT2D eigenvalue weighted by Crippen LogP contribution is -2.46. The van der Waals surface area contributed by atoms with Crippen LogP contribution in [0.2, 0.25) is 5.02 Å². The van der Waals surface area contributed by atoms with Crippen molar-refractivity contribution in [1.29, 1.82) is 0 Å². The molecule has 15 heteroatoms. The number of carbonyl (C=O) groups is 1. The topological polar surface area (TPSA) is 140 Å². The number of nitrogens with one attached hydrogen (secondary N) is 2. The molecule has 2 heterocycles. The Kier molecular flexibility index (Phi) is 13.5. The molecule has 0 spiro atoms. The fraction of sp³-hybridized carbons (Fsp3) is 0.273. The maximum atomic E-state index is 13.4. The van der Waals surface area contributed by atoms with Gasteiger partial charge in [0, 0.05) is 84.8 Å². The first-order valence-electron chi connectivity index (χ1n) is 19.5. The van der Waals surface area contributed by atoms with Crippen LogP contribution < -0.4 is 14.9 Å². The van der Waals surface area contributed by atoms with Crippen LogP contribution in [0.5, 0.6) is 0 Å². The van der Waals surface area contributed by atoms with E-state index in [0.717, 1.165) is 73.9 Å². The number of anilines is 2. The van der Waals surface area contributed by atoms with E-state index in [1.807, 2.05) is 79.7 Å². The van der Waals surface area contributed by atoms with Gasteiger partial charge in [0.15, 0.2) is 0 Å². The zero-order chi connectivity index (χ0) is 41.4. The van der Waals surface area contributed by atoms with Crippen molar-refractivity contribution in [2.24, 2.45) is 4.99 Å². The molecule has 306 valence electrons. The van der Waals surface area contributed by atoms with Crippen LogP contribution in [0.15, 0.2) is 136 Å². The maximum absolute atomic E-state index is 13.4. The number of sulfonamides is 1. The summed E-state index contributed by atoms with van der Waals surface area (Å²) in [5, 5.41) is 16.3. The van der Waals surface area contributed by atoms with Crippen molar-refractivity contribution in [1.82, 2.24) is 14.5 Å². The Labute approximate surface area is 354 Å². The second-order valence-corrected chi connectivity index (χ2v) is 17.7. The molecule has 1 saturated heterocycles. The summed E-state index contributed by atoms with van der Waals surface area (Å²) in [4.78, 5) is 36.9. The molecule has 0 aromatic heterocycles. The average molecular weight is 852 g/mol. The molecule has 0 bridgehead atoms. The van der Waals surface area contributed by atoms with E-state index in [-0.39, 0.29) is 22.2 Å². The molecular formula is C44H46ClN7O5S2. The van der Waals surface area contributed by atoms with E-state index in [1.54, 1.807) is 23.9 Å². The van der Waals surface area contributed by atoms with Crippen LogP contribution in [0.25, 0.3) is 11.1 Å². The van der Waals surface area contributed by atoms with Crippen LogP contribution in [-0.4, -0.2) is 92.5 Å². The highest BCUT2D eigenvalue weighted by Crippen LogP contribution is 2.31. The van der Waals surface area contributed by atoms with Gasteiger partial charge in [-0.25, -0.2) is 13.1 Å². The van der Waals surface area contributed by atoms with Gasteiger partial charge in [-0.1, -0.05) is 66.2 Å². The minimum Gasteiger partial charge on any atom is -0.376 e. The number of amides is 1. The van der Waals surface area contributed by atoms with Crippen molar-refractivity contribution in [3.05, 3.63) is 148 Å². The summed E-state index contributed by atoms with van der Waals surface area (Å²) in [6, 6.07) is 36.5. The number of amidine groups is 1. The molecule has 1 atom stereocenters. The molecule has 2 aliphatic heterocycles. The van der Waals surface area contributed by atoms with E-state index in [2.05, 4.69) is 47.9 Å². The van der Waals surface area contributed by atoms with Gasteiger partial charge < -0.3 is 15.1 Å². The van der Waals surface area contributed by atoms with Crippen LogP contribution >= 0.6 is 23.4 Å². The maximum Gasteiger partial charge on any atom is 0.293 e. The standard InChI is InChI=1S/C44H46ClN7O5S2/c1-32-46-22-24-50(32)23-21-37(31-58-39-8-3-2-4-9-39)47-42-20-19-40(29-43(42)52(54)55)59(56,57)48-44(53)34-13-17-38(18-14-34)51-27-25-49(26-28-51)30-35-7-5-6-10-41(35)33-11-15-36(45)16-12-33/h2-20,29,37,47H,21-28,30-31H2,1H3,(H,48,53)/t37-/m1/s1. The van der Waals surface area contributed by atoms with Crippen LogP contribution in [-0.2, 0) is 16.6 Å². The largest absolute Gasteiger partial charge is 0.376 e. The molecule has 2 aliphatic rings. The number of rotatable bonds is 16. The summed E-state index contributed by atoms with van der Waals surface area (Å²) < 4.78 is 29.0. The molecule has 1 amide bonds. The van der Waals surface area contributed by atoms with Crippen molar-refractivity contribution in [3.63, 3.8) is 0 Å². The number of thioether (sulfide) groups is 1. The Hall–Kier alpha value is -5.41. The molecule has 0 unspecified atom stereocenters. The summed E-state index contributed by atoms with van der Waals surface area (Å²) >= 11 is 7.76. The number of nitro benzene ring substituents is 1. The van der Waals surface area contributed by atoms with Crippen LogP contribution in [0.4, 0.5) is 17.1 Å². The average Bonchev–Trinajstić information content (AvgIpc) is 3.67. The zero-order valence-corrected chi connectivity index (χ0v) is 35.1. The molecular weight excluding hydrogens is 806 g/mol. The first-order valence-corrected chi connectivity index (χ1v) is 22.3. The fourth-order valence-corrected chi connectivity index (χ4v) is 9.41. The van der Waals surface area contributed by atoms with E-state index in [4.69, 9.17) is 11.6 Å². The van der Waals surface area contributed by atoms with Crippen molar-refractivity contribution in [2.75, 3.05) is 61.8 Å². The summed E-state index contributed by atoms with van der Waals surface area (Å²) in [7, 11) is -4.45. The van der Waals surface area contributed by atoms with Gasteiger partial charge >= 0.3 is 0 Å². The first kappa shape index (κ1) is 41.7. The zero-order valence-electron chi connectivity index (χ0n) is 32.7. The molecule has 0 saturated carbocycles. The number of nitro groups is 1. The van der Waals surface area contributed by atoms with Gasteiger partial charge in [0.1, 0.15) is 5.69 Å². The number of carbonyl (C=O) groups excluding carboxylic acids is 1. The van der Waals surface area contributed by atoms with Gasteiger partial charge in [0.2, 0.25) is 0 Å². The number of hydrogen-bond acceptors (Lipinski definition) is 11. The molecule has 0 aliphatic carbocycles. The first-order chi connectivity index (χ1) is 28.5. The molecule has 7 rings (SSSR count). The molecule has 5 aromatic rings. The third kappa shape index (κ3) is 10.8. The minimum absolute atomic E-state index is 0.152. The normalized spacial score (nSPS) is 15.1. The Morgan fingerprint density at radius 3 is 2.31 bits per heavy atom. The van der Waals surface area contributed by atoms with Gasteiger partial charge in [-0.15, -0.1) is 11.8 Å². The lowest BCUT2D eigenvalue weighted by atomic mass is 9.99. The minimum atomic E-state index is -4.45. The Bertz CT molecular complexity index is 2390. The third-order valence-electron chi connectivity index (χ3n) is 10.6. The highest BCUT2D eigenvalue weighted by Gasteiger charge is 2.26.